The highest BCUT2D eigenvalue weighted by molar-refractivity contribution is 5.85. The number of hydrogen-bond acceptors (Lipinski definition) is 3. The van der Waals surface area contributed by atoms with E-state index in [9.17, 15) is 9.18 Å². The highest BCUT2D eigenvalue weighted by Gasteiger charge is 2.31. The van der Waals surface area contributed by atoms with Crippen molar-refractivity contribution in [3.8, 4) is 0 Å². The third-order valence-corrected chi connectivity index (χ3v) is 4.03. The van der Waals surface area contributed by atoms with Crippen LogP contribution in [0.1, 0.15) is 18.1 Å². The lowest BCUT2D eigenvalue weighted by molar-refractivity contribution is -0.142. The second kappa shape index (κ2) is 7.20. The predicted molar refractivity (Wildman–Crippen MR) is 79.9 cm³/mol. The van der Waals surface area contributed by atoms with E-state index < -0.39 is 0 Å². The van der Waals surface area contributed by atoms with Crippen molar-refractivity contribution in [3.05, 3.63) is 35.6 Å². The topological polar surface area (TPSA) is 41.6 Å². The lowest BCUT2D eigenvalue weighted by Gasteiger charge is -2.34. The zero-order chi connectivity index (χ0) is 13.9. The first-order valence-electron chi connectivity index (χ1n) is 7.10. The molecule has 0 aromatic heterocycles. The summed E-state index contributed by atoms with van der Waals surface area (Å²) in [6.07, 6.45) is 0.764. The first-order chi connectivity index (χ1) is 9.74. The zero-order valence-electron chi connectivity index (χ0n) is 11.8. The molecule has 4 nitrogen and oxygen atoms in total. The normalized spacial score (nSPS) is 25.5. The molecule has 2 unspecified atom stereocenters. The molecule has 116 valence electrons. The second-order valence-corrected chi connectivity index (χ2v) is 5.38. The van der Waals surface area contributed by atoms with Crippen LogP contribution in [0.4, 0.5) is 4.39 Å². The number of halogens is 2. The van der Waals surface area contributed by atoms with Crippen molar-refractivity contribution in [1.82, 2.24) is 10.2 Å². The number of carbonyl (C=O) groups excluding carboxylic acids is 1. The quantitative estimate of drug-likeness (QED) is 0.904. The molecule has 0 saturated carbocycles. The first kappa shape index (κ1) is 16.2. The van der Waals surface area contributed by atoms with E-state index in [0.717, 1.165) is 25.1 Å². The van der Waals surface area contributed by atoms with E-state index in [0.29, 0.717) is 19.7 Å². The van der Waals surface area contributed by atoms with Crippen LogP contribution in [0.25, 0.3) is 0 Å². The summed E-state index contributed by atoms with van der Waals surface area (Å²) in [6.45, 7) is 3.43. The van der Waals surface area contributed by atoms with Crippen LogP contribution in [0.15, 0.2) is 24.3 Å². The largest absolute Gasteiger partial charge is 0.370 e. The fraction of sp³-hybridized carbons (Fsp3) is 0.533. The van der Waals surface area contributed by atoms with Crippen molar-refractivity contribution in [1.29, 1.82) is 0 Å². The van der Waals surface area contributed by atoms with Crippen LogP contribution in [0, 0.1) is 11.7 Å². The second-order valence-electron chi connectivity index (χ2n) is 5.38. The number of rotatable bonds is 2. The first-order valence-corrected chi connectivity index (χ1v) is 7.10. The number of carbonyl (C=O) groups is 1. The third kappa shape index (κ3) is 3.73. The van der Waals surface area contributed by atoms with Crippen LogP contribution in [0.3, 0.4) is 0 Å². The zero-order valence-corrected chi connectivity index (χ0v) is 12.6. The van der Waals surface area contributed by atoms with Crippen molar-refractivity contribution in [2.45, 2.75) is 12.5 Å². The molecule has 1 N–H and O–H groups in total. The van der Waals surface area contributed by atoms with Gasteiger partial charge in [0, 0.05) is 13.1 Å². The van der Waals surface area contributed by atoms with Crippen molar-refractivity contribution in [3.63, 3.8) is 0 Å². The molecule has 2 saturated heterocycles. The van der Waals surface area contributed by atoms with Crippen molar-refractivity contribution >= 4 is 18.3 Å². The Morgan fingerprint density at radius 3 is 2.76 bits per heavy atom. The minimum absolute atomic E-state index is 0. The molecule has 0 radical (unpaired) electrons. The molecule has 0 spiro atoms. The Morgan fingerprint density at radius 2 is 2.10 bits per heavy atom. The fourth-order valence-corrected chi connectivity index (χ4v) is 2.85. The van der Waals surface area contributed by atoms with E-state index in [-0.39, 0.29) is 36.2 Å². The van der Waals surface area contributed by atoms with Gasteiger partial charge in [0.05, 0.1) is 19.1 Å². The van der Waals surface area contributed by atoms with Crippen LogP contribution in [-0.2, 0) is 9.53 Å². The van der Waals surface area contributed by atoms with E-state index in [4.69, 9.17) is 4.74 Å². The van der Waals surface area contributed by atoms with E-state index >= 15 is 0 Å². The van der Waals surface area contributed by atoms with Gasteiger partial charge in [-0.15, -0.1) is 12.4 Å². The smallest absolute Gasteiger partial charge is 0.227 e. The van der Waals surface area contributed by atoms with Crippen molar-refractivity contribution < 1.29 is 13.9 Å². The number of nitrogens with one attached hydrogen (secondary N) is 1. The number of amides is 1. The summed E-state index contributed by atoms with van der Waals surface area (Å²) in [7, 11) is 0. The Labute approximate surface area is 130 Å². The fourth-order valence-electron chi connectivity index (χ4n) is 2.85. The molecule has 0 bridgehead atoms. The van der Waals surface area contributed by atoms with Crippen LogP contribution in [-0.4, -0.2) is 43.6 Å². The number of nitrogens with zero attached hydrogens (tertiary/aromatic N) is 1. The molecule has 3 rings (SSSR count). The van der Waals surface area contributed by atoms with E-state index in [1.54, 1.807) is 12.1 Å². The van der Waals surface area contributed by atoms with Gasteiger partial charge in [0.1, 0.15) is 11.9 Å². The summed E-state index contributed by atoms with van der Waals surface area (Å²) in [5, 5.41) is 3.22. The highest BCUT2D eigenvalue weighted by Crippen LogP contribution is 2.24. The average molecular weight is 315 g/mol. The third-order valence-electron chi connectivity index (χ3n) is 4.03. The highest BCUT2D eigenvalue weighted by atomic mass is 35.5. The van der Waals surface area contributed by atoms with Crippen molar-refractivity contribution in [2.24, 2.45) is 5.92 Å². The number of ether oxygens (including phenoxy) is 1. The number of morpholine rings is 1. The van der Waals surface area contributed by atoms with E-state index in [1.165, 1.54) is 12.1 Å². The van der Waals surface area contributed by atoms with Gasteiger partial charge < -0.3 is 15.0 Å². The standard InChI is InChI=1S/C15H19FN2O2.ClH/c16-13-3-1-11(2-4-13)14-10-18(7-8-20-14)15(19)12-5-6-17-9-12;/h1-4,12,14,17H,5-10H2;1H. The van der Waals surface area contributed by atoms with E-state index in [1.807, 2.05) is 4.90 Å². The van der Waals surface area contributed by atoms with Gasteiger partial charge in [-0.1, -0.05) is 12.1 Å². The summed E-state index contributed by atoms with van der Waals surface area (Å²) in [4.78, 5) is 14.3. The Morgan fingerprint density at radius 1 is 1.33 bits per heavy atom. The molecule has 6 heteroatoms. The van der Waals surface area contributed by atoms with Gasteiger partial charge in [-0.05, 0) is 30.7 Å². The molecule has 1 aromatic rings. The van der Waals surface area contributed by atoms with Crippen LogP contribution >= 0.6 is 12.4 Å². The molecular formula is C15H20ClFN2O2. The maximum atomic E-state index is 13.0. The SMILES string of the molecule is Cl.O=C(C1CCNC1)N1CCOC(c2ccc(F)cc2)C1. The van der Waals surface area contributed by atoms with Gasteiger partial charge in [-0.3, -0.25) is 4.79 Å². The molecular weight excluding hydrogens is 295 g/mol. The summed E-state index contributed by atoms with van der Waals surface area (Å²) in [5.41, 5.74) is 0.924. The minimum atomic E-state index is -0.255. The lowest BCUT2D eigenvalue weighted by Crippen LogP contribution is -2.45. The van der Waals surface area contributed by atoms with E-state index in [2.05, 4.69) is 5.32 Å². The van der Waals surface area contributed by atoms with Crippen LogP contribution < -0.4 is 5.32 Å². The summed E-state index contributed by atoms with van der Waals surface area (Å²) in [5.74, 6) is 0.0573. The lowest BCUT2D eigenvalue weighted by atomic mass is 10.0. The summed E-state index contributed by atoms with van der Waals surface area (Å²) < 4.78 is 18.7. The maximum Gasteiger partial charge on any atom is 0.227 e. The molecule has 21 heavy (non-hydrogen) atoms. The molecule has 1 aromatic carbocycles. The Kier molecular flexibility index (Phi) is 5.56. The molecule has 2 aliphatic rings. The van der Waals surface area contributed by atoms with Gasteiger partial charge in [0.15, 0.2) is 0 Å². The van der Waals surface area contributed by atoms with Gasteiger partial charge in [-0.2, -0.15) is 0 Å². The molecule has 2 fully saturated rings. The Hall–Kier alpha value is -1.17. The molecule has 2 aliphatic heterocycles. The molecule has 2 atom stereocenters. The minimum Gasteiger partial charge on any atom is -0.370 e. The average Bonchev–Trinajstić information content (AvgIpc) is 3.01. The molecule has 2 heterocycles. The summed E-state index contributed by atoms with van der Waals surface area (Å²) in [6, 6.07) is 6.32. The van der Waals surface area contributed by atoms with Gasteiger partial charge in [0.25, 0.3) is 0 Å². The Bertz CT molecular complexity index is 477. The summed E-state index contributed by atoms with van der Waals surface area (Å²) >= 11 is 0. The Balaban J connectivity index is 0.00000161. The maximum absolute atomic E-state index is 13.0. The monoisotopic (exact) mass is 314 g/mol. The molecule has 0 aliphatic carbocycles. The van der Waals surface area contributed by atoms with Gasteiger partial charge >= 0.3 is 0 Å². The van der Waals surface area contributed by atoms with Gasteiger partial charge in [-0.25, -0.2) is 4.39 Å². The van der Waals surface area contributed by atoms with Gasteiger partial charge in [0.2, 0.25) is 5.91 Å². The number of benzene rings is 1. The van der Waals surface area contributed by atoms with Crippen LogP contribution in [0.5, 0.6) is 0 Å². The van der Waals surface area contributed by atoms with Crippen molar-refractivity contribution in [2.75, 3.05) is 32.8 Å². The molecule has 1 amide bonds. The predicted octanol–water partition coefficient (Wildman–Crippen LogP) is 1.76. The number of hydrogen-bond donors (Lipinski definition) is 1. The van der Waals surface area contributed by atoms with Crippen LogP contribution in [0.2, 0.25) is 0 Å².